The molecule has 1 aromatic carbocycles. The van der Waals surface area contributed by atoms with Gasteiger partial charge in [0.1, 0.15) is 11.5 Å². The van der Waals surface area contributed by atoms with Gasteiger partial charge in [0.15, 0.2) is 13.6 Å². The number of halogens is 1. The molecule has 0 heterocycles. The Kier molecular flexibility index (Phi) is 6.32. The first-order valence-electron chi connectivity index (χ1n) is 5.28. The van der Waals surface area contributed by atoms with Gasteiger partial charge in [0.25, 0.3) is 0 Å². The molecule has 0 atom stereocenters. The molecule has 0 saturated carbocycles. The summed E-state index contributed by atoms with van der Waals surface area (Å²) in [5.41, 5.74) is 1.07. The number of hydrogen-bond donors (Lipinski definition) is 0. The standard InChI is InChI=1S/C12H17BrO4/c1-4-9-5-12(17-8-15-3)10(13)6-11(9)16-7-14-2/h5-6H,4,7-8H2,1-3H3. The summed E-state index contributed by atoms with van der Waals surface area (Å²) in [5.74, 6) is 1.54. The molecule has 0 radical (unpaired) electrons. The Morgan fingerprint density at radius 3 is 2.12 bits per heavy atom. The van der Waals surface area contributed by atoms with E-state index in [2.05, 4.69) is 22.9 Å². The molecule has 0 saturated heterocycles. The van der Waals surface area contributed by atoms with E-state index in [4.69, 9.17) is 18.9 Å². The highest BCUT2D eigenvalue weighted by molar-refractivity contribution is 9.10. The summed E-state index contributed by atoms with van der Waals surface area (Å²) in [6, 6.07) is 3.82. The molecule has 4 nitrogen and oxygen atoms in total. The van der Waals surface area contributed by atoms with Crippen molar-refractivity contribution in [1.82, 2.24) is 0 Å². The van der Waals surface area contributed by atoms with Gasteiger partial charge in [-0.25, -0.2) is 0 Å². The third-order valence-corrected chi connectivity index (χ3v) is 2.78. The van der Waals surface area contributed by atoms with Crippen molar-refractivity contribution in [3.05, 3.63) is 22.2 Å². The van der Waals surface area contributed by atoms with E-state index in [-0.39, 0.29) is 13.6 Å². The number of methoxy groups -OCH3 is 2. The van der Waals surface area contributed by atoms with Gasteiger partial charge in [0, 0.05) is 14.2 Å². The first-order chi connectivity index (χ1) is 8.22. The van der Waals surface area contributed by atoms with Crippen LogP contribution >= 0.6 is 15.9 Å². The fourth-order valence-corrected chi connectivity index (χ4v) is 1.78. The van der Waals surface area contributed by atoms with Crippen LogP contribution in [-0.2, 0) is 15.9 Å². The van der Waals surface area contributed by atoms with E-state index in [9.17, 15) is 0 Å². The first-order valence-corrected chi connectivity index (χ1v) is 6.08. The van der Waals surface area contributed by atoms with Crippen LogP contribution in [0.4, 0.5) is 0 Å². The molecule has 0 aromatic heterocycles. The first kappa shape index (κ1) is 14.3. The van der Waals surface area contributed by atoms with E-state index in [1.165, 1.54) is 0 Å². The zero-order valence-electron chi connectivity index (χ0n) is 10.3. The van der Waals surface area contributed by atoms with Crippen LogP contribution in [0.25, 0.3) is 0 Å². The van der Waals surface area contributed by atoms with Gasteiger partial charge in [0.05, 0.1) is 4.47 Å². The highest BCUT2D eigenvalue weighted by atomic mass is 79.9. The van der Waals surface area contributed by atoms with Crippen LogP contribution in [0.15, 0.2) is 16.6 Å². The zero-order valence-corrected chi connectivity index (χ0v) is 11.9. The molecule has 17 heavy (non-hydrogen) atoms. The molecule has 0 aliphatic carbocycles. The van der Waals surface area contributed by atoms with Gasteiger partial charge in [-0.15, -0.1) is 0 Å². The molecule has 0 spiro atoms. The summed E-state index contributed by atoms with van der Waals surface area (Å²) in [6.07, 6.45) is 0.857. The van der Waals surface area contributed by atoms with Crippen molar-refractivity contribution in [2.45, 2.75) is 13.3 Å². The Hall–Kier alpha value is -0.780. The van der Waals surface area contributed by atoms with E-state index < -0.39 is 0 Å². The summed E-state index contributed by atoms with van der Waals surface area (Å²) >= 11 is 3.43. The molecule has 0 unspecified atom stereocenters. The third kappa shape index (κ3) is 4.18. The van der Waals surface area contributed by atoms with Crippen LogP contribution in [0.2, 0.25) is 0 Å². The summed E-state index contributed by atoms with van der Waals surface area (Å²) < 4.78 is 21.5. The van der Waals surface area contributed by atoms with Crippen LogP contribution in [0, 0.1) is 0 Å². The van der Waals surface area contributed by atoms with Gasteiger partial charge < -0.3 is 18.9 Å². The van der Waals surface area contributed by atoms with Crippen molar-refractivity contribution in [3.8, 4) is 11.5 Å². The average Bonchev–Trinajstić information content (AvgIpc) is 2.35. The Morgan fingerprint density at radius 2 is 1.59 bits per heavy atom. The minimum Gasteiger partial charge on any atom is -0.467 e. The van der Waals surface area contributed by atoms with E-state index in [0.29, 0.717) is 0 Å². The second kappa shape index (κ2) is 7.53. The lowest BCUT2D eigenvalue weighted by molar-refractivity contribution is 0.0474. The minimum atomic E-state index is 0.222. The number of ether oxygens (including phenoxy) is 4. The molecule has 0 aliphatic rings. The van der Waals surface area contributed by atoms with Crippen LogP contribution in [0.1, 0.15) is 12.5 Å². The molecule has 0 amide bonds. The molecular weight excluding hydrogens is 288 g/mol. The van der Waals surface area contributed by atoms with Gasteiger partial charge in [-0.1, -0.05) is 6.92 Å². The van der Waals surface area contributed by atoms with Crippen molar-refractivity contribution in [1.29, 1.82) is 0 Å². The second-order valence-electron chi connectivity index (χ2n) is 3.35. The van der Waals surface area contributed by atoms with E-state index >= 15 is 0 Å². The third-order valence-electron chi connectivity index (χ3n) is 2.16. The molecule has 0 aliphatic heterocycles. The second-order valence-corrected chi connectivity index (χ2v) is 4.20. The number of rotatable bonds is 7. The smallest absolute Gasteiger partial charge is 0.188 e. The number of aryl methyl sites for hydroxylation is 1. The summed E-state index contributed by atoms with van der Waals surface area (Å²) in [6.45, 7) is 2.51. The largest absolute Gasteiger partial charge is 0.467 e. The lowest BCUT2D eigenvalue weighted by Crippen LogP contribution is -2.04. The number of hydrogen-bond acceptors (Lipinski definition) is 4. The average molecular weight is 305 g/mol. The topological polar surface area (TPSA) is 36.9 Å². The van der Waals surface area contributed by atoms with Gasteiger partial charge in [0.2, 0.25) is 0 Å². The van der Waals surface area contributed by atoms with Crippen LogP contribution in [0.3, 0.4) is 0 Å². The highest BCUT2D eigenvalue weighted by Gasteiger charge is 2.09. The lowest BCUT2D eigenvalue weighted by atomic mass is 10.1. The van der Waals surface area contributed by atoms with Gasteiger partial charge in [-0.3, -0.25) is 0 Å². The Labute approximate surface area is 110 Å². The van der Waals surface area contributed by atoms with Gasteiger partial charge >= 0.3 is 0 Å². The molecule has 0 fully saturated rings. The van der Waals surface area contributed by atoms with E-state index in [1.807, 2.05) is 12.1 Å². The van der Waals surface area contributed by atoms with Crippen LogP contribution < -0.4 is 9.47 Å². The molecule has 1 rings (SSSR count). The monoisotopic (exact) mass is 304 g/mol. The summed E-state index contributed by atoms with van der Waals surface area (Å²) in [7, 11) is 3.18. The zero-order chi connectivity index (χ0) is 12.7. The Balaban J connectivity index is 2.89. The van der Waals surface area contributed by atoms with Crippen LogP contribution in [0.5, 0.6) is 11.5 Å². The maximum Gasteiger partial charge on any atom is 0.188 e. The Bertz CT molecular complexity index is 355. The molecule has 0 N–H and O–H groups in total. The maximum atomic E-state index is 5.48. The summed E-state index contributed by atoms with van der Waals surface area (Å²) in [4.78, 5) is 0. The fourth-order valence-electron chi connectivity index (χ4n) is 1.34. The fraction of sp³-hybridized carbons (Fsp3) is 0.500. The number of benzene rings is 1. The SMILES string of the molecule is CCc1cc(OCOC)c(Br)cc1OCOC. The molecule has 0 bridgehead atoms. The predicted octanol–water partition coefficient (Wildman–Crippen LogP) is 2.98. The van der Waals surface area contributed by atoms with Crippen molar-refractivity contribution in [3.63, 3.8) is 0 Å². The van der Waals surface area contributed by atoms with Gasteiger partial charge in [-0.2, -0.15) is 0 Å². The molecular formula is C12H17BrO4. The lowest BCUT2D eigenvalue weighted by Gasteiger charge is -2.13. The quantitative estimate of drug-likeness (QED) is 0.726. The molecule has 96 valence electrons. The van der Waals surface area contributed by atoms with Gasteiger partial charge in [-0.05, 0) is 40.0 Å². The van der Waals surface area contributed by atoms with Crippen molar-refractivity contribution in [2.24, 2.45) is 0 Å². The maximum absolute atomic E-state index is 5.48. The molecule has 5 heteroatoms. The normalized spacial score (nSPS) is 10.4. The predicted molar refractivity (Wildman–Crippen MR) is 68.5 cm³/mol. The van der Waals surface area contributed by atoms with E-state index in [1.54, 1.807) is 14.2 Å². The van der Waals surface area contributed by atoms with Crippen molar-refractivity contribution in [2.75, 3.05) is 27.8 Å². The van der Waals surface area contributed by atoms with Crippen molar-refractivity contribution < 1.29 is 18.9 Å². The Morgan fingerprint density at radius 1 is 1.00 bits per heavy atom. The highest BCUT2D eigenvalue weighted by Crippen LogP contribution is 2.33. The minimum absolute atomic E-state index is 0.222. The molecule has 1 aromatic rings. The van der Waals surface area contributed by atoms with Crippen molar-refractivity contribution >= 4 is 15.9 Å². The summed E-state index contributed by atoms with van der Waals surface area (Å²) in [5, 5.41) is 0. The van der Waals surface area contributed by atoms with E-state index in [0.717, 1.165) is 28.0 Å². The van der Waals surface area contributed by atoms with Crippen LogP contribution in [-0.4, -0.2) is 27.8 Å².